The summed E-state index contributed by atoms with van der Waals surface area (Å²) >= 11 is 0. The number of benzene rings is 1. The maximum atomic E-state index is 11.9. The van der Waals surface area contributed by atoms with Crippen LogP contribution in [0.25, 0.3) is 10.9 Å². The number of amidine groups is 1. The predicted octanol–water partition coefficient (Wildman–Crippen LogP) is 2.32. The molecule has 2 N–H and O–H groups in total. The maximum absolute atomic E-state index is 11.9. The van der Waals surface area contributed by atoms with E-state index < -0.39 is 11.5 Å². The van der Waals surface area contributed by atoms with Crippen LogP contribution in [-0.2, 0) is 15.1 Å². The summed E-state index contributed by atoms with van der Waals surface area (Å²) in [6.45, 7) is 5.89. The number of nitrogens with zero attached hydrogens (tertiary/aromatic N) is 2. The van der Waals surface area contributed by atoms with Crippen molar-refractivity contribution in [3.05, 3.63) is 36.0 Å². The molecule has 0 saturated heterocycles. The summed E-state index contributed by atoms with van der Waals surface area (Å²) in [6.07, 6.45) is 1.92. The summed E-state index contributed by atoms with van der Waals surface area (Å²) in [4.78, 5) is 19.8. The first kappa shape index (κ1) is 14.3. The van der Waals surface area contributed by atoms with E-state index in [9.17, 15) is 4.79 Å². The number of aromatic nitrogens is 1. The number of nitrogens with one attached hydrogen (secondary N) is 2. The molecule has 114 valence electrons. The number of aliphatic imine (C=N–C) groups is 1. The number of carbonyl (C=O) groups excluding carboxylic acids is 1. The Bertz CT molecular complexity index is 790. The van der Waals surface area contributed by atoms with Gasteiger partial charge in [-0.25, -0.2) is 9.79 Å². The summed E-state index contributed by atoms with van der Waals surface area (Å²) in [5, 5.41) is 5.32. The Morgan fingerprint density at radius 1 is 1.36 bits per heavy atom. The van der Waals surface area contributed by atoms with Gasteiger partial charge in [-0.3, -0.25) is 5.43 Å². The van der Waals surface area contributed by atoms with E-state index in [0.29, 0.717) is 6.61 Å². The molecule has 3 rings (SSSR count). The van der Waals surface area contributed by atoms with Crippen molar-refractivity contribution in [2.75, 3.05) is 6.61 Å². The van der Waals surface area contributed by atoms with Crippen molar-refractivity contribution in [1.82, 2.24) is 10.4 Å². The highest BCUT2D eigenvalue weighted by molar-refractivity contribution is 6.36. The normalized spacial score (nSPS) is 21.0. The third-order valence-corrected chi connectivity index (χ3v) is 3.95. The van der Waals surface area contributed by atoms with Crippen LogP contribution in [0, 0.1) is 0 Å². The van der Waals surface area contributed by atoms with Gasteiger partial charge in [-0.15, -0.1) is 0 Å². The molecule has 1 aromatic carbocycles. The second-order valence-corrected chi connectivity index (χ2v) is 5.31. The van der Waals surface area contributed by atoms with Crippen LogP contribution in [0.2, 0.25) is 0 Å². The summed E-state index contributed by atoms with van der Waals surface area (Å²) in [5.74, 6) is -0.370. The molecule has 0 aliphatic carbocycles. The first-order valence-corrected chi connectivity index (χ1v) is 7.20. The van der Waals surface area contributed by atoms with Crippen molar-refractivity contribution >= 4 is 28.4 Å². The molecular formula is C16H18N4O2. The number of para-hydroxylation sites is 1. The minimum Gasteiger partial charge on any atom is -0.460 e. The molecule has 0 bridgehead atoms. The molecule has 1 aliphatic heterocycles. The quantitative estimate of drug-likeness (QED) is 0.854. The van der Waals surface area contributed by atoms with E-state index in [4.69, 9.17) is 4.74 Å². The third kappa shape index (κ3) is 2.16. The number of rotatable bonds is 3. The van der Waals surface area contributed by atoms with Crippen LogP contribution in [0.1, 0.15) is 26.3 Å². The van der Waals surface area contributed by atoms with Gasteiger partial charge in [0.2, 0.25) is 5.84 Å². The minimum absolute atomic E-state index is 0.125. The summed E-state index contributed by atoms with van der Waals surface area (Å²) < 4.78 is 5.01. The SMILES string of the molecule is CCOC(=O)C1=NC(C)(c2c[nH]c3ccccc23)C(C)=NN1. The Morgan fingerprint density at radius 2 is 2.14 bits per heavy atom. The smallest absolute Gasteiger partial charge is 0.375 e. The molecule has 1 atom stereocenters. The number of carbonyl (C=O) groups is 1. The molecule has 2 heterocycles. The van der Waals surface area contributed by atoms with E-state index >= 15 is 0 Å². The standard InChI is InChI=1S/C16H18N4O2/c1-4-22-15(21)14-18-16(3,10(2)19-20-14)12-9-17-13-8-6-5-7-11(12)13/h5-9,17H,4H2,1-3H3,(H,18,20). The number of H-pyrrole nitrogens is 1. The van der Waals surface area contributed by atoms with E-state index in [1.807, 2.05) is 44.3 Å². The van der Waals surface area contributed by atoms with Crippen LogP contribution in [0.3, 0.4) is 0 Å². The van der Waals surface area contributed by atoms with Crippen LogP contribution in [0.15, 0.2) is 40.6 Å². The van der Waals surface area contributed by atoms with Crippen molar-refractivity contribution in [1.29, 1.82) is 0 Å². The number of hydrogen-bond donors (Lipinski definition) is 2. The van der Waals surface area contributed by atoms with Crippen LogP contribution < -0.4 is 5.43 Å². The van der Waals surface area contributed by atoms with E-state index in [-0.39, 0.29) is 5.84 Å². The largest absolute Gasteiger partial charge is 0.460 e. The first-order valence-electron chi connectivity index (χ1n) is 7.20. The van der Waals surface area contributed by atoms with Gasteiger partial charge in [0.25, 0.3) is 0 Å². The molecule has 0 fully saturated rings. The van der Waals surface area contributed by atoms with Gasteiger partial charge in [0.15, 0.2) is 0 Å². The molecule has 6 nitrogen and oxygen atoms in total. The van der Waals surface area contributed by atoms with Gasteiger partial charge in [-0.2, -0.15) is 5.10 Å². The summed E-state index contributed by atoms with van der Waals surface area (Å²) in [6, 6.07) is 7.99. The fourth-order valence-electron chi connectivity index (χ4n) is 2.60. The van der Waals surface area contributed by atoms with Crippen molar-refractivity contribution in [3.63, 3.8) is 0 Å². The van der Waals surface area contributed by atoms with Crippen LogP contribution >= 0.6 is 0 Å². The van der Waals surface area contributed by atoms with Gasteiger partial charge in [-0.1, -0.05) is 18.2 Å². The number of ether oxygens (including phenoxy) is 1. The Hall–Kier alpha value is -2.63. The monoisotopic (exact) mass is 298 g/mol. The number of hydrazone groups is 1. The minimum atomic E-state index is -0.715. The van der Waals surface area contributed by atoms with E-state index in [1.165, 1.54) is 0 Å². The maximum Gasteiger partial charge on any atom is 0.375 e. The molecule has 0 radical (unpaired) electrons. The molecule has 22 heavy (non-hydrogen) atoms. The van der Waals surface area contributed by atoms with Gasteiger partial charge in [-0.05, 0) is 26.8 Å². The highest BCUT2D eigenvalue weighted by atomic mass is 16.5. The predicted molar refractivity (Wildman–Crippen MR) is 86.0 cm³/mol. The zero-order chi connectivity index (χ0) is 15.7. The second-order valence-electron chi connectivity index (χ2n) is 5.31. The van der Waals surface area contributed by atoms with Gasteiger partial charge >= 0.3 is 5.97 Å². The van der Waals surface area contributed by atoms with Gasteiger partial charge in [0.05, 0.1) is 12.3 Å². The lowest BCUT2D eigenvalue weighted by Crippen LogP contribution is -2.42. The van der Waals surface area contributed by atoms with Gasteiger partial charge in [0, 0.05) is 22.7 Å². The summed E-state index contributed by atoms with van der Waals surface area (Å²) in [5.41, 5.74) is 4.74. The Balaban J connectivity index is 2.11. The number of esters is 1. The van der Waals surface area contributed by atoms with Crippen molar-refractivity contribution < 1.29 is 9.53 Å². The number of aromatic amines is 1. The van der Waals surface area contributed by atoms with E-state index in [0.717, 1.165) is 22.2 Å². The zero-order valence-electron chi connectivity index (χ0n) is 12.8. The molecule has 6 heteroatoms. The van der Waals surface area contributed by atoms with Crippen molar-refractivity contribution in [2.45, 2.75) is 26.3 Å². The average Bonchev–Trinajstić information content (AvgIpc) is 2.95. The average molecular weight is 298 g/mol. The molecule has 0 saturated carbocycles. The topological polar surface area (TPSA) is 78.8 Å². The van der Waals surface area contributed by atoms with Crippen LogP contribution in [0.5, 0.6) is 0 Å². The highest BCUT2D eigenvalue weighted by Gasteiger charge is 2.36. The fourth-order valence-corrected chi connectivity index (χ4v) is 2.60. The molecule has 2 aromatic rings. The molecule has 1 aromatic heterocycles. The Labute approximate surface area is 128 Å². The van der Waals surface area contributed by atoms with Gasteiger partial charge < -0.3 is 9.72 Å². The third-order valence-electron chi connectivity index (χ3n) is 3.95. The van der Waals surface area contributed by atoms with E-state index in [2.05, 4.69) is 20.5 Å². The van der Waals surface area contributed by atoms with Crippen molar-refractivity contribution in [2.24, 2.45) is 10.1 Å². The highest BCUT2D eigenvalue weighted by Crippen LogP contribution is 2.34. The lowest BCUT2D eigenvalue weighted by molar-refractivity contribution is -0.135. The molecule has 1 unspecified atom stereocenters. The molecule has 0 spiro atoms. The lowest BCUT2D eigenvalue weighted by atomic mass is 9.87. The van der Waals surface area contributed by atoms with E-state index in [1.54, 1.807) is 6.92 Å². The Kier molecular flexibility index (Phi) is 3.44. The molecule has 0 amide bonds. The second kappa shape index (κ2) is 5.29. The summed E-state index contributed by atoms with van der Waals surface area (Å²) in [7, 11) is 0. The number of fused-ring (bicyclic) bond motifs is 1. The molecule has 1 aliphatic rings. The Morgan fingerprint density at radius 3 is 2.91 bits per heavy atom. The lowest BCUT2D eigenvalue weighted by Gasteiger charge is -2.29. The first-order chi connectivity index (χ1) is 10.6. The van der Waals surface area contributed by atoms with Gasteiger partial charge in [0.1, 0.15) is 5.54 Å². The zero-order valence-corrected chi connectivity index (χ0v) is 12.8. The number of hydrogen-bond acceptors (Lipinski definition) is 5. The van der Waals surface area contributed by atoms with Crippen LogP contribution in [-0.4, -0.2) is 29.1 Å². The van der Waals surface area contributed by atoms with Crippen molar-refractivity contribution in [3.8, 4) is 0 Å². The molecular weight excluding hydrogens is 280 g/mol. The fraction of sp³-hybridized carbons (Fsp3) is 0.312. The van der Waals surface area contributed by atoms with Crippen LogP contribution in [0.4, 0.5) is 0 Å².